The molecule has 1 aromatic heterocycles. The highest BCUT2D eigenvalue weighted by Crippen LogP contribution is 2.28. The summed E-state index contributed by atoms with van der Waals surface area (Å²) >= 11 is 1.31. The predicted octanol–water partition coefficient (Wildman–Crippen LogP) is 4.79. The summed E-state index contributed by atoms with van der Waals surface area (Å²) in [4.78, 5) is 32.4. The Morgan fingerprint density at radius 3 is 2.63 bits per heavy atom. The van der Waals surface area contributed by atoms with E-state index in [1.54, 1.807) is 31.4 Å². The van der Waals surface area contributed by atoms with Crippen molar-refractivity contribution in [3.8, 4) is 23.1 Å². The molecule has 0 bridgehead atoms. The lowest BCUT2D eigenvalue weighted by molar-refractivity contribution is -0.115. The van der Waals surface area contributed by atoms with Crippen molar-refractivity contribution in [2.45, 2.75) is 17.3 Å². The molecule has 0 aliphatic rings. The van der Waals surface area contributed by atoms with Crippen molar-refractivity contribution in [2.75, 3.05) is 12.4 Å². The normalized spacial score (nSPS) is 10.4. The van der Waals surface area contributed by atoms with Gasteiger partial charge in [-0.25, -0.2) is 4.98 Å². The molecule has 8 heteroatoms. The highest BCUT2D eigenvalue weighted by Gasteiger charge is 2.15. The number of H-pyrrole nitrogens is 1. The van der Waals surface area contributed by atoms with Crippen molar-refractivity contribution in [3.05, 3.63) is 106 Å². The number of hydrogen-bond donors (Lipinski definition) is 2. The van der Waals surface area contributed by atoms with E-state index in [0.29, 0.717) is 33.6 Å². The van der Waals surface area contributed by atoms with Crippen LogP contribution in [0.3, 0.4) is 0 Å². The smallest absolute Gasteiger partial charge is 0.270 e. The number of carbonyl (C=O) groups excluding carboxylic acids is 1. The molecule has 0 aliphatic carbocycles. The number of nitrogens with zero attached hydrogens (tertiary/aromatic N) is 2. The first-order valence-electron chi connectivity index (χ1n) is 10.8. The van der Waals surface area contributed by atoms with E-state index in [2.05, 4.69) is 15.3 Å². The minimum Gasteiger partial charge on any atom is -0.497 e. The third kappa shape index (κ3) is 5.96. The Hall–Kier alpha value is -4.35. The highest BCUT2D eigenvalue weighted by molar-refractivity contribution is 7.98. The van der Waals surface area contributed by atoms with Crippen LogP contribution in [-0.2, 0) is 17.0 Å². The SMILES string of the molecule is COc1cccc(-c2nc(SCc3ccccc3NC(=O)Cc3ccccc3)[nH]c(=O)c2C#N)c1. The molecule has 0 saturated heterocycles. The molecule has 0 atom stereocenters. The molecule has 0 spiro atoms. The quantitative estimate of drug-likeness (QED) is 0.276. The van der Waals surface area contributed by atoms with Crippen LogP contribution < -0.4 is 15.6 Å². The Bertz CT molecular complexity index is 1440. The van der Waals surface area contributed by atoms with Gasteiger partial charge in [0, 0.05) is 17.0 Å². The lowest BCUT2D eigenvalue weighted by Crippen LogP contribution is -2.16. The van der Waals surface area contributed by atoms with Crippen molar-refractivity contribution in [1.29, 1.82) is 5.26 Å². The number of para-hydroxylation sites is 1. The first kappa shape index (κ1) is 23.8. The highest BCUT2D eigenvalue weighted by atomic mass is 32.2. The largest absolute Gasteiger partial charge is 0.497 e. The molecule has 1 amide bonds. The molecule has 4 rings (SSSR count). The molecule has 35 heavy (non-hydrogen) atoms. The van der Waals surface area contributed by atoms with Gasteiger partial charge in [-0.3, -0.25) is 9.59 Å². The number of amides is 1. The fourth-order valence-electron chi connectivity index (χ4n) is 3.49. The zero-order valence-electron chi connectivity index (χ0n) is 18.9. The van der Waals surface area contributed by atoms with E-state index in [0.717, 1.165) is 11.1 Å². The van der Waals surface area contributed by atoms with E-state index in [4.69, 9.17) is 4.74 Å². The predicted molar refractivity (Wildman–Crippen MR) is 136 cm³/mol. The van der Waals surface area contributed by atoms with Crippen LogP contribution in [0.2, 0.25) is 0 Å². The van der Waals surface area contributed by atoms with Crippen LogP contribution in [0.15, 0.2) is 88.8 Å². The van der Waals surface area contributed by atoms with E-state index in [1.165, 1.54) is 11.8 Å². The number of anilines is 1. The van der Waals surface area contributed by atoms with E-state index in [1.807, 2.05) is 60.7 Å². The van der Waals surface area contributed by atoms with Crippen molar-refractivity contribution >= 4 is 23.4 Å². The van der Waals surface area contributed by atoms with Gasteiger partial charge in [0.1, 0.15) is 17.4 Å². The zero-order valence-corrected chi connectivity index (χ0v) is 19.8. The maximum absolute atomic E-state index is 12.6. The minimum atomic E-state index is -0.507. The Morgan fingerprint density at radius 1 is 1.09 bits per heavy atom. The molecule has 2 N–H and O–H groups in total. The number of aromatic amines is 1. The van der Waals surface area contributed by atoms with Gasteiger partial charge >= 0.3 is 0 Å². The second kappa shape index (κ2) is 11.2. The molecule has 0 unspecified atom stereocenters. The fourth-order valence-corrected chi connectivity index (χ4v) is 4.36. The third-order valence-corrected chi connectivity index (χ3v) is 6.14. The van der Waals surface area contributed by atoms with Crippen molar-refractivity contribution in [3.63, 3.8) is 0 Å². The first-order valence-corrected chi connectivity index (χ1v) is 11.8. The summed E-state index contributed by atoms with van der Waals surface area (Å²) in [6.07, 6.45) is 0.275. The lowest BCUT2D eigenvalue weighted by atomic mass is 10.1. The summed E-state index contributed by atoms with van der Waals surface area (Å²) in [6, 6.07) is 26.0. The summed E-state index contributed by atoms with van der Waals surface area (Å²) in [7, 11) is 1.55. The van der Waals surface area contributed by atoms with Gasteiger partial charge in [0.15, 0.2) is 5.16 Å². The van der Waals surface area contributed by atoms with Crippen LogP contribution >= 0.6 is 11.8 Å². The van der Waals surface area contributed by atoms with Crippen molar-refractivity contribution in [1.82, 2.24) is 9.97 Å². The number of thioether (sulfide) groups is 1. The summed E-state index contributed by atoms with van der Waals surface area (Å²) in [6.45, 7) is 0. The maximum Gasteiger partial charge on any atom is 0.270 e. The molecule has 0 aliphatic heterocycles. The molecule has 3 aromatic carbocycles. The molecule has 4 aromatic rings. The number of carbonyl (C=O) groups is 1. The van der Waals surface area contributed by atoms with Crippen LogP contribution in [0.5, 0.6) is 5.75 Å². The fraction of sp³-hybridized carbons (Fsp3) is 0.111. The van der Waals surface area contributed by atoms with Gasteiger partial charge in [0.25, 0.3) is 5.56 Å². The number of aromatic nitrogens is 2. The number of methoxy groups -OCH3 is 1. The second-order valence-corrected chi connectivity index (χ2v) is 8.56. The molecule has 0 fully saturated rings. The first-order chi connectivity index (χ1) is 17.1. The van der Waals surface area contributed by atoms with Gasteiger partial charge in [0.2, 0.25) is 5.91 Å². The monoisotopic (exact) mass is 482 g/mol. The third-order valence-electron chi connectivity index (χ3n) is 5.22. The van der Waals surface area contributed by atoms with Crippen molar-refractivity contribution < 1.29 is 9.53 Å². The number of rotatable bonds is 8. The summed E-state index contributed by atoms with van der Waals surface area (Å²) < 4.78 is 5.26. The van der Waals surface area contributed by atoms with Crippen LogP contribution in [0.1, 0.15) is 16.7 Å². The maximum atomic E-state index is 12.6. The molecule has 7 nitrogen and oxygen atoms in total. The number of nitriles is 1. The average molecular weight is 483 g/mol. The summed E-state index contributed by atoms with van der Waals surface area (Å²) in [5.74, 6) is 0.940. The van der Waals surface area contributed by atoms with Crippen LogP contribution in [0, 0.1) is 11.3 Å². The van der Waals surface area contributed by atoms with Crippen LogP contribution in [0.4, 0.5) is 5.69 Å². The molecule has 0 saturated carbocycles. The Labute approximate surface area is 206 Å². The topological polar surface area (TPSA) is 108 Å². The molecular weight excluding hydrogens is 460 g/mol. The van der Waals surface area contributed by atoms with E-state index < -0.39 is 5.56 Å². The molecule has 174 valence electrons. The van der Waals surface area contributed by atoms with Gasteiger partial charge < -0.3 is 15.0 Å². The molecule has 0 radical (unpaired) electrons. The summed E-state index contributed by atoms with van der Waals surface area (Å²) in [5, 5.41) is 12.9. The Balaban J connectivity index is 1.54. The lowest BCUT2D eigenvalue weighted by Gasteiger charge is -2.12. The van der Waals surface area contributed by atoms with E-state index in [9.17, 15) is 14.9 Å². The number of nitrogens with one attached hydrogen (secondary N) is 2. The Kier molecular flexibility index (Phi) is 7.60. The van der Waals surface area contributed by atoms with Crippen LogP contribution in [-0.4, -0.2) is 23.0 Å². The molecular formula is C27H22N4O3S. The van der Waals surface area contributed by atoms with Gasteiger partial charge in [0.05, 0.1) is 19.2 Å². The number of hydrogen-bond acceptors (Lipinski definition) is 6. The minimum absolute atomic E-state index is 0.0591. The number of ether oxygens (including phenoxy) is 1. The van der Waals surface area contributed by atoms with Gasteiger partial charge in [-0.1, -0.05) is 72.4 Å². The Morgan fingerprint density at radius 2 is 1.86 bits per heavy atom. The number of benzene rings is 3. The average Bonchev–Trinajstić information content (AvgIpc) is 2.88. The van der Waals surface area contributed by atoms with Gasteiger partial charge in [-0.15, -0.1) is 0 Å². The second-order valence-electron chi connectivity index (χ2n) is 7.59. The molecule has 1 heterocycles. The zero-order chi connectivity index (χ0) is 24.6. The van der Waals surface area contributed by atoms with Gasteiger partial charge in [-0.2, -0.15) is 5.26 Å². The van der Waals surface area contributed by atoms with Gasteiger partial charge in [-0.05, 0) is 29.3 Å². The van der Waals surface area contributed by atoms with E-state index in [-0.39, 0.29) is 17.9 Å². The summed E-state index contributed by atoms with van der Waals surface area (Å²) in [5.41, 5.74) is 2.85. The van der Waals surface area contributed by atoms with E-state index >= 15 is 0 Å². The standard InChI is InChI=1S/C27H22N4O3S/c1-34-21-12-7-11-19(15-21)25-22(16-28)26(33)31-27(30-25)35-17-20-10-5-6-13-23(20)29-24(32)14-18-8-3-2-4-9-18/h2-13,15H,14,17H2,1H3,(H,29,32)(H,30,31,33). The van der Waals surface area contributed by atoms with Crippen molar-refractivity contribution in [2.24, 2.45) is 0 Å². The van der Waals surface area contributed by atoms with Crippen LogP contribution in [0.25, 0.3) is 11.3 Å².